The first-order chi connectivity index (χ1) is 15.8. The lowest BCUT2D eigenvalue weighted by Gasteiger charge is -2.40. The van der Waals surface area contributed by atoms with Gasteiger partial charge in [0.2, 0.25) is 0 Å². The Morgan fingerprint density at radius 2 is 1.70 bits per heavy atom. The van der Waals surface area contributed by atoms with E-state index in [9.17, 15) is 18.0 Å². The molecule has 0 bridgehead atoms. The molecule has 0 saturated carbocycles. The topological polar surface area (TPSA) is 87.6 Å². The molecule has 0 aromatic heterocycles. The fourth-order valence-corrected chi connectivity index (χ4v) is 4.38. The summed E-state index contributed by atoms with van der Waals surface area (Å²) in [4.78, 5) is 16.5. The van der Waals surface area contributed by atoms with Crippen LogP contribution >= 0.6 is 0 Å². The monoisotopic (exact) mass is 469 g/mol. The molecule has 5 N–H and O–H groups in total. The first-order valence-corrected chi connectivity index (χ1v) is 11.1. The van der Waals surface area contributed by atoms with Crippen molar-refractivity contribution in [3.63, 3.8) is 0 Å². The third-order valence-corrected chi connectivity index (χ3v) is 6.42. The molecular weight excluding hydrogens is 438 g/mol. The van der Waals surface area contributed by atoms with Crippen LogP contribution in [0.15, 0.2) is 36.2 Å². The second-order valence-electron chi connectivity index (χ2n) is 8.64. The van der Waals surface area contributed by atoms with Gasteiger partial charge in [0.25, 0.3) is 5.91 Å². The first-order valence-electron chi connectivity index (χ1n) is 11.1. The van der Waals surface area contributed by atoms with Crippen LogP contribution in [0, 0.1) is 17.5 Å². The number of hydrogen-bond acceptors (Lipinski definition) is 5. The minimum Gasteiger partial charge on any atom is -0.405 e. The van der Waals surface area contributed by atoms with E-state index in [0.29, 0.717) is 57.7 Å². The van der Waals surface area contributed by atoms with E-state index in [1.165, 1.54) is 17.3 Å². The number of hydrogen-bond donors (Lipinski definition) is 3. The summed E-state index contributed by atoms with van der Waals surface area (Å²) in [6.45, 7) is 2.05. The number of nitrogens with two attached hydrogens (primary N) is 2. The van der Waals surface area contributed by atoms with Crippen molar-refractivity contribution >= 4 is 5.91 Å². The summed E-state index contributed by atoms with van der Waals surface area (Å²) >= 11 is 0. The number of carbonyl (C=O) groups is 1. The van der Waals surface area contributed by atoms with Crippen molar-refractivity contribution in [2.24, 2.45) is 11.5 Å². The van der Waals surface area contributed by atoms with Crippen molar-refractivity contribution in [3.8, 4) is 0 Å². The number of likely N-dealkylation sites (tertiary alicyclic amines) is 2. The van der Waals surface area contributed by atoms with Crippen LogP contribution in [0.5, 0.6) is 0 Å². The third kappa shape index (κ3) is 6.26. The van der Waals surface area contributed by atoms with Crippen LogP contribution in [-0.4, -0.2) is 60.1 Å². The van der Waals surface area contributed by atoms with Crippen LogP contribution in [0.2, 0.25) is 0 Å². The predicted molar refractivity (Wildman–Crippen MR) is 118 cm³/mol. The standard InChI is InChI=1S/C23H31F4N5O/c24-17-11-20(25)19(21(26)12-17)14-30-18-2-7-32(8-3-18)22(33)23(27)4-9-31(10-5-23)15-16(13-29)1-6-28/h1,6,11-13,18,30H,2-5,7-10,14-15,28-29H2/b6-1-,16-13+. The smallest absolute Gasteiger partial charge is 0.260 e. The fraction of sp³-hybridized carbons (Fsp3) is 0.522. The van der Waals surface area contributed by atoms with E-state index >= 15 is 4.39 Å². The number of benzene rings is 1. The summed E-state index contributed by atoms with van der Waals surface area (Å²) in [6.07, 6.45) is 5.84. The van der Waals surface area contributed by atoms with Crippen LogP contribution in [0.25, 0.3) is 0 Å². The van der Waals surface area contributed by atoms with E-state index in [1.807, 2.05) is 4.90 Å². The SMILES string of the molecule is N/C=C\C(=C/N)CN1CCC(F)(C(=O)N2CCC(NCc3c(F)cc(F)cc3F)CC2)CC1. The first kappa shape index (κ1) is 25.0. The molecular formula is C23H31F4N5O. The van der Waals surface area contributed by atoms with Gasteiger partial charge in [-0.1, -0.05) is 0 Å². The van der Waals surface area contributed by atoms with E-state index in [-0.39, 0.29) is 31.0 Å². The van der Waals surface area contributed by atoms with Gasteiger partial charge < -0.3 is 21.7 Å². The average Bonchev–Trinajstić information content (AvgIpc) is 2.79. The van der Waals surface area contributed by atoms with Crippen LogP contribution < -0.4 is 16.8 Å². The quantitative estimate of drug-likeness (QED) is 0.422. The molecule has 0 spiro atoms. The number of carbonyl (C=O) groups excluding carboxylic acids is 1. The van der Waals surface area contributed by atoms with Crippen molar-refractivity contribution in [1.82, 2.24) is 15.1 Å². The van der Waals surface area contributed by atoms with Gasteiger partial charge in [-0.05, 0) is 36.9 Å². The molecule has 10 heteroatoms. The molecule has 2 saturated heterocycles. The van der Waals surface area contributed by atoms with Gasteiger partial charge in [-0.25, -0.2) is 17.6 Å². The van der Waals surface area contributed by atoms with Gasteiger partial charge in [-0.3, -0.25) is 9.69 Å². The van der Waals surface area contributed by atoms with E-state index in [2.05, 4.69) is 5.32 Å². The second kappa shape index (κ2) is 11.0. The van der Waals surface area contributed by atoms with E-state index in [0.717, 1.165) is 5.57 Å². The highest BCUT2D eigenvalue weighted by molar-refractivity contribution is 5.85. The maximum atomic E-state index is 15.5. The minimum atomic E-state index is -1.90. The predicted octanol–water partition coefficient (Wildman–Crippen LogP) is 2.30. The number of rotatable bonds is 7. The summed E-state index contributed by atoms with van der Waals surface area (Å²) in [5.74, 6) is -3.33. The number of nitrogens with zero attached hydrogens (tertiary/aromatic N) is 2. The van der Waals surface area contributed by atoms with Gasteiger partial charge in [-0.2, -0.15) is 0 Å². The molecule has 182 valence electrons. The van der Waals surface area contributed by atoms with Crippen molar-refractivity contribution in [3.05, 3.63) is 59.2 Å². The van der Waals surface area contributed by atoms with Crippen LogP contribution in [0.4, 0.5) is 17.6 Å². The Bertz CT molecular complexity index is 868. The van der Waals surface area contributed by atoms with Gasteiger partial charge >= 0.3 is 0 Å². The molecule has 1 aromatic rings. The molecule has 2 aliphatic rings. The van der Waals surface area contributed by atoms with E-state index < -0.39 is 29.0 Å². The zero-order valence-electron chi connectivity index (χ0n) is 18.5. The summed E-state index contributed by atoms with van der Waals surface area (Å²) in [7, 11) is 0. The Hall–Kier alpha value is -2.59. The zero-order valence-corrected chi connectivity index (χ0v) is 18.5. The minimum absolute atomic E-state index is 0.0765. The Balaban J connectivity index is 1.46. The molecule has 3 rings (SSSR count). The molecule has 2 fully saturated rings. The highest BCUT2D eigenvalue weighted by Crippen LogP contribution is 2.30. The number of amides is 1. The Labute approximate surface area is 191 Å². The molecule has 0 radical (unpaired) electrons. The summed E-state index contributed by atoms with van der Waals surface area (Å²) in [5.41, 5.74) is 9.67. The largest absolute Gasteiger partial charge is 0.405 e. The fourth-order valence-electron chi connectivity index (χ4n) is 4.38. The summed E-state index contributed by atoms with van der Waals surface area (Å²) in [5, 5.41) is 3.06. The highest BCUT2D eigenvalue weighted by atomic mass is 19.2. The summed E-state index contributed by atoms with van der Waals surface area (Å²) in [6, 6.07) is 1.22. The van der Waals surface area contributed by atoms with E-state index in [1.54, 1.807) is 6.08 Å². The molecule has 33 heavy (non-hydrogen) atoms. The third-order valence-electron chi connectivity index (χ3n) is 6.42. The number of alkyl halides is 1. The molecule has 6 nitrogen and oxygen atoms in total. The molecule has 1 amide bonds. The lowest BCUT2D eigenvalue weighted by Crippen LogP contribution is -2.55. The van der Waals surface area contributed by atoms with Gasteiger partial charge in [0, 0.05) is 75.8 Å². The molecule has 1 aromatic carbocycles. The van der Waals surface area contributed by atoms with Gasteiger partial charge in [0.05, 0.1) is 0 Å². The molecule has 0 atom stereocenters. The van der Waals surface area contributed by atoms with Crippen LogP contribution in [0.1, 0.15) is 31.2 Å². The Kier molecular flexibility index (Phi) is 8.36. The average molecular weight is 470 g/mol. The van der Waals surface area contributed by atoms with Crippen LogP contribution in [0.3, 0.4) is 0 Å². The molecule has 0 aliphatic carbocycles. The molecule has 0 unspecified atom stereocenters. The zero-order chi connectivity index (χ0) is 24.0. The maximum Gasteiger partial charge on any atom is 0.260 e. The number of halogens is 4. The molecule has 2 aliphatic heterocycles. The van der Waals surface area contributed by atoms with Gasteiger partial charge in [0.1, 0.15) is 17.5 Å². The van der Waals surface area contributed by atoms with Crippen molar-refractivity contribution in [1.29, 1.82) is 0 Å². The maximum absolute atomic E-state index is 15.5. The number of nitrogens with one attached hydrogen (secondary N) is 1. The lowest BCUT2D eigenvalue weighted by molar-refractivity contribution is -0.148. The number of piperidine rings is 2. The van der Waals surface area contributed by atoms with Crippen molar-refractivity contribution in [2.45, 2.75) is 43.9 Å². The lowest BCUT2D eigenvalue weighted by atomic mass is 9.90. The van der Waals surface area contributed by atoms with Crippen molar-refractivity contribution < 1.29 is 22.4 Å². The van der Waals surface area contributed by atoms with Gasteiger partial charge in [-0.15, -0.1) is 0 Å². The Morgan fingerprint density at radius 3 is 2.24 bits per heavy atom. The Morgan fingerprint density at radius 1 is 1.09 bits per heavy atom. The second-order valence-corrected chi connectivity index (χ2v) is 8.64. The summed E-state index contributed by atoms with van der Waals surface area (Å²) < 4.78 is 56.1. The van der Waals surface area contributed by atoms with Gasteiger partial charge in [0.15, 0.2) is 5.67 Å². The van der Waals surface area contributed by atoms with E-state index in [4.69, 9.17) is 11.5 Å². The highest BCUT2D eigenvalue weighted by Gasteiger charge is 2.44. The molecule has 2 heterocycles. The van der Waals surface area contributed by atoms with Crippen molar-refractivity contribution in [2.75, 3.05) is 32.7 Å². The normalized spacial score (nSPS) is 20.5. The van der Waals surface area contributed by atoms with Crippen LogP contribution in [-0.2, 0) is 11.3 Å².